The number of likely N-dealkylation sites (tertiary alicyclic amines) is 1. The molecule has 6 heteroatoms. The van der Waals surface area contributed by atoms with E-state index in [0.29, 0.717) is 25.2 Å². The van der Waals surface area contributed by atoms with E-state index in [2.05, 4.69) is 11.8 Å². The van der Waals surface area contributed by atoms with Crippen molar-refractivity contribution in [2.24, 2.45) is 5.92 Å². The molecule has 2 aliphatic heterocycles. The molecule has 0 N–H and O–H groups in total. The fourth-order valence-corrected chi connectivity index (χ4v) is 3.23. The molecule has 3 heterocycles. The van der Waals surface area contributed by atoms with E-state index in [-0.39, 0.29) is 11.8 Å². The number of rotatable bonds is 3. The van der Waals surface area contributed by atoms with Gasteiger partial charge in [0.1, 0.15) is 6.26 Å². The summed E-state index contributed by atoms with van der Waals surface area (Å²) in [5.74, 6) is 0.970. The van der Waals surface area contributed by atoms with Gasteiger partial charge in [-0.25, -0.2) is 0 Å². The van der Waals surface area contributed by atoms with Gasteiger partial charge >= 0.3 is 0 Å². The molecule has 0 unspecified atom stereocenters. The van der Waals surface area contributed by atoms with E-state index in [4.69, 9.17) is 4.42 Å². The minimum absolute atomic E-state index is 0.00902. The van der Waals surface area contributed by atoms with E-state index in [1.165, 1.54) is 12.5 Å². The molecule has 0 saturated carbocycles. The third kappa shape index (κ3) is 3.93. The van der Waals surface area contributed by atoms with Crippen molar-refractivity contribution in [3.8, 4) is 0 Å². The lowest BCUT2D eigenvalue weighted by Crippen LogP contribution is -2.52. The molecule has 2 fully saturated rings. The fraction of sp³-hybridized carbons (Fsp3) is 0.647. The molecule has 1 aromatic rings. The Labute approximate surface area is 137 Å². The highest BCUT2D eigenvalue weighted by molar-refractivity contribution is 5.93. The van der Waals surface area contributed by atoms with Crippen LogP contribution in [-0.2, 0) is 4.79 Å². The van der Waals surface area contributed by atoms with Crippen LogP contribution in [0.3, 0.4) is 0 Å². The average Bonchev–Trinajstić information content (AvgIpc) is 3.10. The number of hydrogen-bond acceptors (Lipinski definition) is 4. The van der Waals surface area contributed by atoms with Gasteiger partial charge in [-0.2, -0.15) is 0 Å². The van der Waals surface area contributed by atoms with Crippen LogP contribution in [0.2, 0.25) is 0 Å². The molecule has 2 amide bonds. The van der Waals surface area contributed by atoms with Crippen molar-refractivity contribution < 1.29 is 14.0 Å². The Kier molecular flexibility index (Phi) is 5.00. The van der Waals surface area contributed by atoms with Crippen molar-refractivity contribution in [1.82, 2.24) is 14.7 Å². The van der Waals surface area contributed by atoms with E-state index < -0.39 is 0 Å². The number of amides is 2. The number of carbonyl (C=O) groups excluding carboxylic acids is 2. The third-order valence-corrected chi connectivity index (χ3v) is 4.92. The van der Waals surface area contributed by atoms with Crippen molar-refractivity contribution in [1.29, 1.82) is 0 Å². The lowest BCUT2D eigenvalue weighted by Gasteiger charge is -2.36. The summed E-state index contributed by atoms with van der Waals surface area (Å²) in [6.07, 6.45) is 5.22. The number of piperazine rings is 1. The largest absolute Gasteiger partial charge is 0.472 e. The molecule has 3 rings (SSSR count). The zero-order valence-electron chi connectivity index (χ0n) is 13.7. The van der Waals surface area contributed by atoms with Crippen LogP contribution in [0.15, 0.2) is 23.0 Å². The molecule has 0 aliphatic carbocycles. The summed E-state index contributed by atoms with van der Waals surface area (Å²) in [6.45, 7) is 7.32. The fourth-order valence-electron chi connectivity index (χ4n) is 3.23. The predicted molar refractivity (Wildman–Crippen MR) is 86.0 cm³/mol. The number of carbonyl (C=O) groups is 2. The first kappa shape index (κ1) is 16.1. The Morgan fingerprint density at radius 3 is 2.39 bits per heavy atom. The maximum Gasteiger partial charge on any atom is 0.257 e. The quantitative estimate of drug-likeness (QED) is 0.842. The van der Waals surface area contributed by atoms with Crippen molar-refractivity contribution >= 4 is 11.8 Å². The first-order chi connectivity index (χ1) is 11.1. The van der Waals surface area contributed by atoms with Crippen molar-refractivity contribution in [2.75, 3.05) is 45.8 Å². The van der Waals surface area contributed by atoms with Gasteiger partial charge in [0.25, 0.3) is 5.91 Å². The monoisotopic (exact) mass is 319 g/mol. The van der Waals surface area contributed by atoms with Crippen LogP contribution < -0.4 is 0 Å². The molecule has 2 saturated heterocycles. The zero-order valence-corrected chi connectivity index (χ0v) is 13.7. The molecule has 126 valence electrons. The van der Waals surface area contributed by atoms with Crippen LogP contribution in [0.4, 0.5) is 0 Å². The van der Waals surface area contributed by atoms with E-state index in [1.54, 1.807) is 6.07 Å². The minimum atomic E-state index is 0.00902. The summed E-state index contributed by atoms with van der Waals surface area (Å²) >= 11 is 0. The third-order valence-electron chi connectivity index (χ3n) is 4.92. The highest BCUT2D eigenvalue weighted by Gasteiger charge is 2.26. The van der Waals surface area contributed by atoms with Gasteiger partial charge in [0.15, 0.2) is 0 Å². The highest BCUT2D eigenvalue weighted by atomic mass is 16.3. The van der Waals surface area contributed by atoms with Crippen molar-refractivity contribution in [3.05, 3.63) is 24.2 Å². The SMILES string of the molecule is CC1CCN(C(=O)CN2CCN(C(=O)c3ccoc3)CC2)CC1. The summed E-state index contributed by atoms with van der Waals surface area (Å²) in [4.78, 5) is 30.6. The van der Waals surface area contributed by atoms with Gasteiger partial charge in [-0.3, -0.25) is 14.5 Å². The second-order valence-corrected chi connectivity index (χ2v) is 6.64. The van der Waals surface area contributed by atoms with Crippen LogP contribution >= 0.6 is 0 Å². The molecule has 2 aliphatic rings. The molecule has 0 radical (unpaired) electrons. The topological polar surface area (TPSA) is 57.0 Å². The lowest BCUT2D eigenvalue weighted by molar-refractivity contribution is -0.134. The Bertz CT molecular complexity index is 527. The number of hydrogen-bond donors (Lipinski definition) is 0. The molecule has 0 spiro atoms. The van der Waals surface area contributed by atoms with E-state index in [1.807, 2.05) is 9.80 Å². The second kappa shape index (κ2) is 7.17. The van der Waals surface area contributed by atoms with E-state index >= 15 is 0 Å². The summed E-state index contributed by atoms with van der Waals surface area (Å²) in [5, 5.41) is 0. The summed E-state index contributed by atoms with van der Waals surface area (Å²) < 4.78 is 4.97. The predicted octanol–water partition coefficient (Wildman–Crippen LogP) is 1.30. The summed E-state index contributed by atoms with van der Waals surface area (Å²) in [6, 6.07) is 1.69. The lowest BCUT2D eigenvalue weighted by atomic mass is 9.99. The first-order valence-corrected chi connectivity index (χ1v) is 8.45. The normalized spacial score (nSPS) is 20.7. The van der Waals surface area contributed by atoms with Crippen molar-refractivity contribution in [2.45, 2.75) is 19.8 Å². The van der Waals surface area contributed by atoms with Crippen LogP contribution in [0, 0.1) is 5.92 Å². The van der Waals surface area contributed by atoms with E-state index in [0.717, 1.165) is 44.9 Å². The molecule has 0 atom stereocenters. The summed E-state index contributed by atoms with van der Waals surface area (Å²) in [7, 11) is 0. The van der Waals surface area contributed by atoms with Crippen molar-refractivity contribution in [3.63, 3.8) is 0 Å². The molecule has 1 aromatic heterocycles. The Balaban J connectivity index is 1.44. The van der Waals surface area contributed by atoms with Gasteiger partial charge in [-0.15, -0.1) is 0 Å². The number of piperidine rings is 1. The van der Waals surface area contributed by atoms with Gasteiger partial charge < -0.3 is 14.2 Å². The molecule has 0 bridgehead atoms. The van der Waals surface area contributed by atoms with Gasteiger partial charge in [0, 0.05) is 39.3 Å². The Hall–Kier alpha value is -1.82. The molecular weight excluding hydrogens is 294 g/mol. The van der Waals surface area contributed by atoms with Crippen LogP contribution in [0.25, 0.3) is 0 Å². The van der Waals surface area contributed by atoms with Gasteiger partial charge in [-0.1, -0.05) is 6.92 Å². The maximum absolute atomic E-state index is 12.4. The second-order valence-electron chi connectivity index (χ2n) is 6.64. The van der Waals surface area contributed by atoms with Gasteiger partial charge in [-0.05, 0) is 24.8 Å². The molecule has 23 heavy (non-hydrogen) atoms. The highest BCUT2D eigenvalue weighted by Crippen LogP contribution is 2.16. The molecule has 0 aromatic carbocycles. The van der Waals surface area contributed by atoms with Crippen LogP contribution in [0.1, 0.15) is 30.1 Å². The first-order valence-electron chi connectivity index (χ1n) is 8.45. The van der Waals surface area contributed by atoms with Crippen LogP contribution in [-0.4, -0.2) is 72.3 Å². The number of nitrogens with zero attached hydrogens (tertiary/aromatic N) is 3. The zero-order chi connectivity index (χ0) is 16.2. The Morgan fingerprint density at radius 1 is 1.09 bits per heavy atom. The molecule has 6 nitrogen and oxygen atoms in total. The van der Waals surface area contributed by atoms with Crippen LogP contribution in [0.5, 0.6) is 0 Å². The van der Waals surface area contributed by atoms with Gasteiger partial charge in [0.2, 0.25) is 5.91 Å². The summed E-state index contributed by atoms with van der Waals surface area (Å²) in [5.41, 5.74) is 0.594. The maximum atomic E-state index is 12.4. The Morgan fingerprint density at radius 2 is 1.78 bits per heavy atom. The molecular formula is C17H25N3O3. The number of furan rings is 1. The standard InChI is InChI=1S/C17H25N3O3/c1-14-2-5-19(6-3-14)16(21)12-18-7-9-20(10-8-18)17(22)15-4-11-23-13-15/h4,11,13-14H,2-3,5-10,12H2,1H3. The van der Waals surface area contributed by atoms with E-state index in [9.17, 15) is 9.59 Å². The van der Waals surface area contributed by atoms with Gasteiger partial charge in [0.05, 0.1) is 18.4 Å². The average molecular weight is 319 g/mol. The smallest absolute Gasteiger partial charge is 0.257 e. The minimum Gasteiger partial charge on any atom is -0.472 e.